The lowest BCUT2D eigenvalue weighted by molar-refractivity contribution is 0.0782. The Morgan fingerprint density at radius 2 is 1.76 bits per heavy atom. The molecule has 0 saturated heterocycles. The van der Waals surface area contributed by atoms with Crippen LogP contribution in [-0.4, -0.2) is 33.3 Å². The van der Waals surface area contributed by atoms with E-state index in [4.69, 9.17) is 0 Å². The molecule has 1 N–H and O–H groups in total. The molecule has 2 aromatic heterocycles. The second-order valence-corrected chi connectivity index (χ2v) is 9.61. The first-order chi connectivity index (χ1) is 16.5. The van der Waals surface area contributed by atoms with Gasteiger partial charge >= 0.3 is 0 Å². The Morgan fingerprint density at radius 1 is 1.06 bits per heavy atom. The van der Waals surface area contributed by atoms with Crippen molar-refractivity contribution in [2.75, 3.05) is 7.05 Å². The lowest BCUT2D eigenvalue weighted by atomic mass is 10.1. The average molecular weight is 473 g/mol. The molecule has 1 fully saturated rings. The molecule has 0 spiro atoms. The van der Waals surface area contributed by atoms with Gasteiger partial charge in [-0.1, -0.05) is 42.5 Å². The maximum absolute atomic E-state index is 13.3. The number of fused-ring (bicyclic) bond motifs is 1. The Kier molecular flexibility index (Phi) is 5.98. The highest BCUT2D eigenvalue weighted by Gasteiger charge is 2.28. The summed E-state index contributed by atoms with van der Waals surface area (Å²) >= 11 is 1.52. The first kappa shape index (κ1) is 22.0. The van der Waals surface area contributed by atoms with Crippen molar-refractivity contribution in [1.29, 1.82) is 0 Å². The number of carbonyl (C=O) groups is 2. The van der Waals surface area contributed by atoms with Gasteiger partial charge in [-0.2, -0.15) is 0 Å². The minimum absolute atomic E-state index is 0.00266. The molecule has 4 aromatic rings. The zero-order chi connectivity index (χ0) is 23.7. The average Bonchev–Trinajstić information content (AvgIpc) is 3.62. The number of aromatic nitrogens is 2. The number of hydrogen-bond donors (Lipinski definition) is 1. The van der Waals surface area contributed by atoms with Gasteiger partial charge in [-0.05, 0) is 30.5 Å². The van der Waals surface area contributed by atoms with Crippen LogP contribution < -0.4 is 10.7 Å². The van der Waals surface area contributed by atoms with Gasteiger partial charge in [0.05, 0.1) is 16.8 Å². The number of benzene rings is 2. The number of para-hydroxylation sites is 1. The molecule has 0 atom stereocenters. The second kappa shape index (κ2) is 9.23. The molecule has 7 nitrogen and oxygen atoms in total. The lowest BCUT2D eigenvalue weighted by Gasteiger charge is -2.17. The molecule has 1 saturated carbocycles. The van der Waals surface area contributed by atoms with Crippen molar-refractivity contribution in [3.63, 3.8) is 0 Å². The molecule has 0 unspecified atom stereocenters. The van der Waals surface area contributed by atoms with Gasteiger partial charge < -0.3 is 14.8 Å². The van der Waals surface area contributed by atoms with Gasteiger partial charge in [-0.3, -0.25) is 14.4 Å². The van der Waals surface area contributed by atoms with Crippen LogP contribution >= 0.6 is 11.3 Å². The molecule has 0 aliphatic heterocycles. The molecule has 172 valence electrons. The third-order valence-corrected chi connectivity index (χ3v) is 6.86. The third kappa shape index (κ3) is 4.63. The van der Waals surface area contributed by atoms with Crippen molar-refractivity contribution in [2.45, 2.75) is 32.0 Å². The number of hydrogen-bond acceptors (Lipinski definition) is 5. The van der Waals surface area contributed by atoms with Crippen molar-refractivity contribution in [3.8, 4) is 0 Å². The van der Waals surface area contributed by atoms with E-state index in [9.17, 15) is 14.4 Å². The van der Waals surface area contributed by atoms with Crippen LogP contribution in [-0.2, 0) is 13.1 Å². The number of pyridine rings is 1. The normalized spacial score (nSPS) is 13.1. The van der Waals surface area contributed by atoms with E-state index < -0.39 is 17.2 Å². The van der Waals surface area contributed by atoms with Crippen molar-refractivity contribution < 1.29 is 9.59 Å². The van der Waals surface area contributed by atoms with Crippen molar-refractivity contribution >= 4 is 33.4 Å². The SMILES string of the molecule is CN(Cc1nc2ccccc2s1)C(=O)c1cn(C2CC2)cc(C(=O)NCc2ccccc2)c1=O. The van der Waals surface area contributed by atoms with Gasteiger partial charge in [0, 0.05) is 32.0 Å². The van der Waals surface area contributed by atoms with E-state index >= 15 is 0 Å². The van der Waals surface area contributed by atoms with Crippen molar-refractivity contribution in [3.05, 3.63) is 98.9 Å². The van der Waals surface area contributed by atoms with E-state index in [1.807, 2.05) is 59.2 Å². The molecule has 1 aliphatic carbocycles. The fourth-order valence-electron chi connectivity index (χ4n) is 3.84. The summed E-state index contributed by atoms with van der Waals surface area (Å²) in [5.41, 5.74) is 1.26. The first-order valence-electron chi connectivity index (χ1n) is 11.2. The van der Waals surface area contributed by atoms with Gasteiger partial charge in [0.1, 0.15) is 16.1 Å². The third-order valence-electron chi connectivity index (χ3n) is 5.84. The van der Waals surface area contributed by atoms with E-state index in [1.165, 1.54) is 16.2 Å². The Labute approximate surface area is 200 Å². The standard InChI is InChI=1S/C26H24N4O3S/c1-29(16-23-28-21-9-5-6-10-22(21)34-23)26(33)20-15-30(18-11-12-18)14-19(24(20)31)25(32)27-13-17-7-3-2-4-8-17/h2-10,14-15,18H,11-13,16H2,1H3,(H,27,32). The molecule has 2 heterocycles. The van der Waals surface area contributed by atoms with Gasteiger partial charge in [0.15, 0.2) is 0 Å². The van der Waals surface area contributed by atoms with Gasteiger partial charge in [0.25, 0.3) is 11.8 Å². The van der Waals surface area contributed by atoms with E-state index in [-0.39, 0.29) is 23.7 Å². The maximum Gasteiger partial charge on any atom is 0.259 e. The minimum Gasteiger partial charge on any atom is -0.349 e. The highest BCUT2D eigenvalue weighted by atomic mass is 32.1. The van der Waals surface area contributed by atoms with E-state index in [0.717, 1.165) is 33.6 Å². The number of rotatable bonds is 7. The van der Waals surface area contributed by atoms with Crippen LogP contribution in [0.2, 0.25) is 0 Å². The maximum atomic E-state index is 13.3. The molecular weight excluding hydrogens is 448 g/mol. The molecule has 0 radical (unpaired) electrons. The minimum atomic E-state index is -0.552. The highest BCUT2D eigenvalue weighted by molar-refractivity contribution is 7.18. The number of thiazole rings is 1. The largest absolute Gasteiger partial charge is 0.349 e. The zero-order valence-corrected chi connectivity index (χ0v) is 19.5. The summed E-state index contributed by atoms with van der Waals surface area (Å²) in [5, 5.41) is 3.60. The van der Waals surface area contributed by atoms with Crippen LogP contribution in [0.25, 0.3) is 10.2 Å². The molecular formula is C26H24N4O3S. The number of nitrogens with zero attached hydrogens (tertiary/aromatic N) is 3. The van der Waals surface area contributed by atoms with Crippen LogP contribution in [0.3, 0.4) is 0 Å². The molecule has 2 amide bonds. The molecule has 5 rings (SSSR count). The van der Waals surface area contributed by atoms with Crippen molar-refractivity contribution in [2.24, 2.45) is 0 Å². The van der Waals surface area contributed by atoms with Crippen molar-refractivity contribution in [1.82, 2.24) is 19.8 Å². The van der Waals surface area contributed by atoms with Crippen LogP contribution in [0.1, 0.15) is 50.2 Å². The summed E-state index contributed by atoms with van der Waals surface area (Å²) in [6.07, 6.45) is 5.09. The Bertz CT molecular complexity index is 1390. The molecule has 8 heteroatoms. The molecule has 2 aromatic carbocycles. The van der Waals surface area contributed by atoms with E-state index in [1.54, 1.807) is 19.4 Å². The monoisotopic (exact) mass is 472 g/mol. The van der Waals surface area contributed by atoms with Crippen LogP contribution in [0, 0.1) is 0 Å². The summed E-state index contributed by atoms with van der Waals surface area (Å²) in [4.78, 5) is 45.5. The highest BCUT2D eigenvalue weighted by Crippen LogP contribution is 2.34. The Hall–Kier alpha value is -3.78. The summed E-state index contributed by atoms with van der Waals surface area (Å²) in [5.74, 6) is -0.900. The lowest BCUT2D eigenvalue weighted by Crippen LogP contribution is -2.36. The quantitative estimate of drug-likeness (QED) is 0.441. The Morgan fingerprint density at radius 3 is 2.50 bits per heavy atom. The zero-order valence-electron chi connectivity index (χ0n) is 18.7. The summed E-state index contributed by atoms with van der Waals surface area (Å²) < 4.78 is 2.88. The smallest absolute Gasteiger partial charge is 0.259 e. The fraction of sp³-hybridized carbons (Fsp3) is 0.231. The molecule has 1 aliphatic rings. The van der Waals surface area contributed by atoms with Crippen LogP contribution in [0.4, 0.5) is 0 Å². The summed E-state index contributed by atoms with van der Waals surface area (Å²) in [6.45, 7) is 0.587. The first-order valence-corrected chi connectivity index (χ1v) is 12.0. The van der Waals surface area contributed by atoms with E-state index in [2.05, 4.69) is 10.3 Å². The predicted molar refractivity (Wildman–Crippen MR) is 132 cm³/mol. The topological polar surface area (TPSA) is 84.3 Å². The number of amides is 2. The summed E-state index contributed by atoms with van der Waals surface area (Å²) in [7, 11) is 1.65. The van der Waals surface area contributed by atoms with Crippen LogP contribution in [0.5, 0.6) is 0 Å². The predicted octanol–water partition coefficient (Wildman–Crippen LogP) is 4.00. The fourth-order valence-corrected chi connectivity index (χ4v) is 4.86. The molecule has 34 heavy (non-hydrogen) atoms. The molecule has 0 bridgehead atoms. The van der Waals surface area contributed by atoms with Gasteiger partial charge in [-0.25, -0.2) is 4.98 Å². The van der Waals surface area contributed by atoms with Crippen LogP contribution in [0.15, 0.2) is 71.8 Å². The summed E-state index contributed by atoms with van der Waals surface area (Å²) in [6, 6.07) is 17.5. The van der Waals surface area contributed by atoms with E-state index in [0.29, 0.717) is 6.54 Å². The van der Waals surface area contributed by atoms with Gasteiger partial charge in [0.2, 0.25) is 5.43 Å². The number of carbonyl (C=O) groups excluding carboxylic acids is 2. The van der Waals surface area contributed by atoms with Gasteiger partial charge in [-0.15, -0.1) is 11.3 Å². The Balaban J connectivity index is 1.39. The second-order valence-electron chi connectivity index (χ2n) is 8.50. The number of nitrogens with one attached hydrogen (secondary N) is 1.